The molecule has 1 aromatic carbocycles. The number of aromatic nitrogens is 7. The van der Waals surface area contributed by atoms with E-state index in [9.17, 15) is 4.79 Å². The number of carbonyl (C=O) groups excluding carboxylic acids is 1. The van der Waals surface area contributed by atoms with Crippen molar-refractivity contribution in [2.45, 2.75) is 38.5 Å². The molecule has 5 heterocycles. The highest BCUT2D eigenvalue weighted by molar-refractivity contribution is 5.96. The summed E-state index contributed by atoms with van der Waals surface area (Å²) in [5.41, 5.74) is 8.20. The number of fused-ring (bicyclic) bond motifs is 2. The molecule has 1 aliphatic rings. The summed E-state index contributed by atoms with van der Waals surface area (Å²) in [5.74, 6) is 1.16. The van der Waals surface area contributed by atoms with Gasteiger partial charge < -0.3 is 10.3 Å². The number of imidazole rings is 1. The first-order valence-corrected chi connectivity index (χ1v) is 13.7. The molecule has 9 nitrogen and oxygen atoms in total. The zero-order valence-corrected chi connectivity index (χ0v) is 21.9. The number of nitrogens with one attached hydrogen (secondary N) is 3. The minimum absolute atomic E-state index is 0.0439. The van der Waals surface area contributed by atoms with Crippen LogP contribution in [0.1, 0.15) is 38.5 Å². The molecule has 1 saturated carbocycles. The van der Waals surface area contributed by atoms with Crippen LogP contribution >= 0.6 is 0 Å². The van der Waals surface area contributed by atoms with Gasteiger partial charge in [0.25, 0.3) is 0 Å². The summed E-state index contributed by atoms with van der Waals surface area (Å²) < 4.78 is 0. The van der Waals surface area contributed by atoms with Crippen molar-refractivity contribution in [2.24, 2.45) is 5.92 Å². The Labute approximate surface area is 230 Å². The van der Waals surface area contributed by atoms with Gasteiger partial charge in [0, 0.05) is 36.1 Å². The van der Waals surface area contributed by atoms with Crippen LogP contribution in [0.4, 0.5) is 5.69 Å². The first-order chi connectivity index (χ1) is 19.7. The van der Waals surface area contributed by atoms with Crippen molar-refractivity contribution in [1.82, 2.24) is 35.1 Å². The molecule has 3 N–H and O–H groups in total. The van der Waals surface area contributed by atoms with Crippen LogP contribution in [-0.2, 0) is 4.79 Å². The van der Waals surface area contributed by atoms with Crippen LogP contribution in [0.15, 0.2) is 73.3 Å². The van der Waals surface area contributed by atoms with Crippen LogP contribution in [0.2, 0.25) is 0 Å². The highest BCUT2D eigenvalue weighted by Crippen LogP contribution is 2.32. The molecule has 9 heteroatoms. The maximum atomic E-state index is 12.7. The van der Waals surface area contributed by atoms with Crippen molar-refractivity contribution < 1.29 is 4.79 Å². The second kappa shape index (κ2) is 10.3. The molecule has 0 aliphatic heterocycles. The van der Waals surface area contributed by atoms with E-state index in [1.165, 1.54) is 19.3 Å². The normalized spacial score (nSPS) is 14.1. The minimum atomic E-state index is 0.0439. The van der Waals surface area contributed by atoms with Crippen LogP contribution in [-0.4, -0.2) is 41.0 Å². The molecular weight excluding hydrogens is 500 g/mol. The molecule has 0 radical (unpaired) electrons. The van der Waals surface area contributed by atoms with E-state index >= 15 is 0 Å². The van der Waals surface area contributed by atoms with Gasteiger partial charge in [-0.15, -0.1) is 0 Å². The van der Waals surface area contributed by atoms with E-state index in [4.69, 9.17) is 9.97 Å². The minimum Gasteiger partial charge on any atom is -0.336 e. The van der Waals surface area contributed by atoms with Gasteiger partial charge in [0.05, 0.1) is 34.1 Å². The lowest BCUT2D eigenvalue weighted by molar-refractivity contribution is -0.117. The molecule has 0 spiro atoms. The number of hydrogen-bond acceptors (Lipinski definition) is 6. The number of benzene rings is 1. The number of aromatic amines is 2. The lowest BCUT2D eigenvalue weighted by atomic mass is 9.87. The van der Waals surface area contributed by atoms with E-state index < -0.39 is 0 Å². The Kier molecular flexibility index (Phi) is 6.24. The molecule has 7 rings (SSSR count). The van der Waals surface area contributed by atoms with Gasteiger partial charge in [-0.25, -0.2) is 9.97 Å². The SMILES string of the molecule is O=C(CC1CCCCC1)Nc1cncc(-c2ccc3[nH]nc(-c4nc5c(-c6ccncc6)cccc5[nH]4)c3n2)c1. The Morgan fingerprint density at radius 3 is 2.62 bits per heavy atom. The number of H-pyrrole nitrogens is 2. The molecule has 198 valence electrons. The number of hydrogen-bond donors (Lipinski definition) is 3. The number of nitrogens with zero attached hydrogens (tertiary/aromatic N) is 5. The third kappa shape index (κ3) is 4.70. The van der Waals surface area contributed by atoms with Gasteiger partial charge in [-0.3, -0.25) is 19.9 Å². The van der Waals surface area contributed by atoms with E-state index in [1.54, 1.807) is 24.8 Å². The topological polar surface area (TPSA) is 125 Å². The van der Waals surface area contributed by atoms with Gasteiger partial charge in [0.2, 0.25) is 5.91 Å². The molecule has 5 aromatic heterocycles. The van der Waals surface area contributed by atoms with E-state index in [1.807, 2.05) is 42.5 Å². The highest BCUT2D eigenvalue weighted by atomic mass is 16.1. The van der Waals surface area contributed by atoms with Crippen molar-refractivity contribution in [1.29, 1.82) is 0 Å². The first-order valence-electron chi connectivity index (χ1n) is 13.7. The monoisotopic (exact) mass is 528 g/mol. The fraction of sp³-hybridized carbons (Fsp3) is 0.226. The van der Waals surface area contributed by atoms with Crippen LogP contribution in [0, 0.1) is 5.92 Å². The van der Waals surface area contributed by atoms with Gasteiger partial charge in [0.15, 0.2) is 11.5 Å². The van der Waals surface area contributed by atoms with Gasteiger partial charge >= 0.3 is 0 Å². The van der Waals surface area contributed by atoms with Crippen LogP contribution in [0.25, 0.3) is 56.0 Å². The zero-order chi connectivity index (χ0) is 26.9. The van der Waals surface area contributed by atoms with Crippen LogP contribution in [0.5, 0.6) is 0 Å². The number of rotatable bonds is 6. The smallest absolute Gasteiger partial charge is 0.224 e. The first kappa shape index (κ1) is 24.1. The van der Waals surface area contributed by atoms with Gasteiger partial charge in [-0.1, -0.05) is 31.4 Å². The Morgan fingerprint density at radius 1 is 0.875 bits per heavy atom. The molecule has 0 atom stereocenters. The number of amides is 1. The average Bonchev–Trinajstić information content (AvgIpc) is 3.62. The maximum absolute atomic E-state index is 12.7. The van der Waals surface area contributed by atoms with Gasteiger partial charge in [0.1, 0.15) is 5.52 Å². The summed E-state index contributed by atoms with van der Waals surface area (Å²) in [7, 11) is 0. The fourth-order valence-electron chi connectivity index (χ4n) is 5.65. The molecule has 40 heavy (non-hydrogen) atoms. The number of anilines is 1. The predicted octanol–water partition coefficient (Wildman–Crippen LogP) is 6.53. The lowest BCUT2D eigenvalue weighted by Crippen LogP contribution is -2.18. The summed E-state index contributed by atoms with van der Waals surface area (Å²) in [5, 5.41) is 10.7. The lowest BCUT2D eigenvalue weighted by Gasteiger charge is -2.20. The van der Waals surface area contributed by atoms with Crippen LogP contribution < -0.4 is 5.32 Å². The molecular formula is C31H28N8O. The van der Waals surface area contributed by atoms with Crippen LogP contribution in [0.3, 0.4) is 0 Å². The maximum Gasteiger partial charge on any atom is 0.224 e. The van der Waals surface area contributed by atoms with Crippen molar-refractivity contribution in [3.63, 3.8) is 0 Å². The summed E-state index contributed by atoms with van der Waals surface area (Å²) in [6.45, 7) is 0. The van der Waals surface area contributed by atoms with E-state index in [0.29, 0.717) is 35.1 Å². The van der Waals surface area contributed by atoms with Gasteiger partial charge in [-0.2, -0.15) is 5.10 Å². The van der Waals surface area contributed by atoms with E-state index in [0.717, 1.165) is 51.8 Å². The summed E-state index contributed by atoms with van der Waals surface area (Å²) in [6, 6.07) is 15.8. The largest absolute Gasteiger partial charge is 0.336 e. The summed E-state index contributed by atoms with van der Waals surface area (Å²) in [6.07, 6.45) is 13.6. The Balaban J connectivity index is 1.19. The number of para-hydroxylation sites is 1. The molecule has 0 bridgehead atoms. The zero-order valence-electron chi connectivity index (χ0n) is 21.9. The molecule has 0 unspecified atom stereocenters. The Hall–Kier alpha value is -4.92. The quantitative estimate of drug-likeness (QED) is 0.226. The molecule has 1 aliphatic carbocycles. The van der Waals surface area contributed by atoms with E-state index in [2.05, 4.69) is 36.5 Å². The van der Waals surface area contributed by atoms with Crippen molar-refractivity contribution in [3.8, 4) is 33.9 Å². The third-order valence-electron chi connectivity index (χ3n) is 7.65. The second-order valence-electron chi connectivity index (χ2n) is 10.4. The van der Waals surface area contributed by atoms with Gasteiger partial charge in [-0.05, 0) is 60.7 Å². The molecule has 1 fully saturated rings. The van der Waals surface area contributed by atoms with Crippen molar-refractivity contribution in [3.05, 3.63) is 73.3 Å². The number of pyridine rings is 3. The summed E-state index contributed by atoms with van der Waals surface area (Å²) >= 11 is 0. The second-order valence-corrected chi connectivity index (χ2v) is 10.4. The Bertz CT molecular complexity index is 1820. The number of carbonyl (C=O) groups is 1. The molecule has 1 amide bonds. The predicted molar refractivity (Wildman–Crippen MR) is 155 cm³/mol. The fourth-order valence-corrected chi connectivity index (χ4v) is 5.65. The van der Waals surface area contributed by atoms with E-state index in [-0.39, 0.29) is 5.91 Å². The summed E-state index contributed by atoms with van der Waals surface area (Å²) in [4.78, 5) is 34.5. The highest BCUT2D eigenvalue weighted by Gasteiger charge is 2.19. The Morgan fingerprint density at radius 2 is 1.75 bits per heavy atom. The third-order valence-corrected chi connectivity index (χ3v) is 7.65. The molecule has 0 saturated heterocycles. The standard InChI is InChI=1S/C31H28N8O/c40-27(15-19-5-2-1-3-6-19)34-22-16-21(17-33-18-22)24-9-10-26-29(35-24)30(39-38-26)31-36-25-8-4-7-23(28(25)37-31)20-11-13-32-14-12-20/h4,7-14,16-19H,1-3,5-6,15H2,(H,34,40)(H,36,37)(H,38,39). The average molecular weight is 529 g/mol. The van der Waals surface area contributed by atoms with Crippen molar-refractivity contribution >= 4 is 33.7 Å². The van der Waals surface area contributed by atoms with Crippen molar-refractivity contribution in [2.75, 3.05) is 5.32 Å². The molecule has 6 aromatic rings.